The zero-order valence-electron chi connectivity index (χ0n) is 12.2. The Bertz CT molecular complexity index is 716. The molecule has 2 aliphatic carbocycles. The molecule has 0 aromatic heterocycles. The smallest absolute Gasteiger partial charge is 0.0117 e. The number of hydrogen-bond acceptors (Lipinski definition) is 0. The van der Waals surface area contributed by atoms with Crippen LogP contribution in [0.15, 0.2) is 54.1 Å². The summed E-state index contributed by atoms with van der Waals surface area (Å²) in [5.41, 5.74) is 9.51. The molecule has 2 aliphatic rings. The second-order valence-corrected chi connectivity index (χ2v) is 6.57. The van der Waals surface area contributed by atoms with E-state index in [0.717, 1.165) is 6.42 Å². The van der Waals surface area contributed by atoms with Crippen molar-refractivity contribution in [3.63, 3.8) is 0 Å². The van der Waals surface area contributed by atoms with Crippen LogP contribution < -0.4 is 0 Å². The minimum atomic E-state index is 0.184. The van der Waals surface area contributed by atoms with Gasteiger partial charge in [0.2, 0.25) is 0 Å². The first kappa shape index (κ1) is 12.0. The first-order valence-electron chi connectivity index (χ1n) is 7.57. The molecule has 0 heterocycles. The molecule has 0 aliphatic heterocycles. The van der Waals surface area contributed by atoms with Crippen molar-refractivity contribution in [3.8, 4) is 0 Å². The maximum Gasteiger partial charge on any atom is 0.0117 e. The van der Waals surface area contributed by atoms with Gasteiger partial charge in [-0.3, -0.25) is 0 Å². The first-order valence-corrected chi connectivity index (χ1v) is 7.57. The van der Waals surface area contributed by atoms with Crippen LogP contribution in [-0.2, 0) is 18.3 Å². The Kier molecular flexibility index (Phi) is 2.44. The summed E-state index contributed by atoms with van der Waals surface area (Å²) in [5.74, 6) is 0. The maximum absolute atomic E-state index is 2.39. The Morgan fingerprint density at radius 2 is 1.50 bits per heavy atom. The van der Waals surface area contributed by atoms with Crippen LogP contribution in [0.1, 0.15) is 42.5 Å². The zero-order chi connectivity index (χ0) is 13.7. The van der Waals surface area contributed by atoms with Crippen LogP contribution in [0.5, 0.6) is 0 Å². The average molecular weight is 260 g/mol. The number of hydrogen-bond donors (Lipinski definition) is 0. The summed E-state index contributed by atoms with van der Waals surface area (Å²) in [5, 5.41) is 0. The van der Waals surface area contributed by atoms with Crippen LogP contribution in [0.3, 0.4) is 0 Å². The fourth-order valence-electron chi connectivity index (χ4n) is 4.08. The van der Waals surface area contributed by atoms with E-state index in [0.29, 0.717) is 0 Å². The van der Waals surface area contributed by atoms with E-state index in [-0.39, 0.29) is 5.41 Å². The summed E-state index contributed by atoms with van der Waals surface area (Å²) >= 11 is 0. The largest absolute Gasteiger partial charge is 0.0620 e. The fraction of sp³-hybridized carbons (Fsp3) is 0.300. The van der Waals surface area contributed by atoms with E-state index < -0.39 is 0 Å². The van der Waals surface area contributed by atoms with Gasteiger partial charge in [0, 0.05) is 5.41 Å². The Labute approximate surface area is 121 Å². The van der Waals surface area contributed by atoms with Crippen molar-refractivity contribution in [3.05, 3.63) is 76.4 Å². The minimum absolute atomic E-state index is 0.184. The van der Waals surface area contributed by atoms with Crippen molar-refractivity contribution in [1.29, 1.82) is 0 Å². The number of aryl methyl sites for hydroxylation is 1. The molecule has 0 unspecified atom stereocenters. The van der Waals surface area contributed by atoms with E-state index in [9.17, 15) is 0 Å². The Morgan fingerprint density at radius 1 is 0.800 bits per heavy atom. The molecule has 2 aromatic rings. The van der Waals surface area contributed by atoms with Crippen molar-refractivity contribution in [2.75, 3.05) is 0 Å². The van der Waals surface area contributed by atoms with Gasteiger partial charge in [-0.05, 0) is 47.1 Å². The summed E-state index contributed by atoms with van der Waals surface area (Å²) in [6, 6.07) is 17.9. The highest BCUT2D eigenvalue weighted by Gasteiger charge is 2.37. The summed E-state index contributed by atoms with van der Waals surface area (Å²) in [6.45, 7) is 4.78. The highest BCUT2D eigenvalue weighted by atomic mass is 14.4. The molecular formula is C20H20. The maximum atomic E-state index is 2.39. The monoisotopic (exact) mass is 260 g/mol. The molecule has 0 amide bonds. The molecule has 0 saturated heterocycles. The highest BCUT2D eigenvalue weighted by molar-refractivity contribution is 5.78. The lowest BCUT2D eigenvalue weighted by molar-refractivity contribution is 0.644. The molecular weight excluding hydrogens is 240 g/mol. The second-order valence-electron chi connectivity index (χ2n) is 6.57. The Morgan fingerprint density at radius 3 is 2.30 bits per heavy atom. The van der Waals surface area contributed by atoms with E-state index in [1.165, 1.54) is 35.1 Å². The molecule has 0 N–H and O–H groups in total. The molecule has 0 spiro atoms. The van der Waals surface area contributed by atoms with Crippen molar-refractivity contribution in [1.82, 2.24) is 0 Å². The predicted molar refractivity (Wildman–Crippen MR) is 84.9 cm³/mol. The molecule has 0 nitrogen and oxygen atoms in total. The lowest BCUT2D eigenvalue weighted by Gasteiger charge is -2.24. The van der Waals surface area contributed by atoms with Gasteiger partial charge >= 0.3 is 0 Å². The third-order valence-corrected chi connectivity index (χ3v) is 5.16. The third-order valence-electron chi connectivity index (χ3n) is 5.16. The number of benzene rings is 2. The van der Waals surface area contributed by atoms with Gasteiger partial charge in [0.05, 0.1) is 0 Å². The van der Waals surface area contributed by atoms with E-state index in [2.05, 4.69) is 62.4 Å². The van der Waals surface area contributed by atoms with E-state index >= 15 is 0 Å². The van der Waals surface area contributed by atoms with Gasteiger partial charge in [0.25, 0.3) is 0 Å². The average Bonchev–Trinajstić information content (AvgIpc) is 2.98. The molecule has 100 valence electrons. The number of rotatable bonds is 0. The predicted octanol–water partition coefficient (Wildman–Crippen LogP) is 4.92. The Hall–Kier alpha value is -1.82. The quantitative estimate of drug-likeness (QED) is 0.630. The van der Waals surface area contributed by atoms with Crippen LogP contribution in [0, 0.1) is 0 Å². The molecule has 20 heavy (non-hydrogen) atoms. The van der Waals surface area contributed by atoms with Crippen molar-refractivity contribution < 1.29 is 0 Å². The minimum Gasteiger partial charge on any atom is -0.0620 e. The number of allylic oxidation sites excluding steroid dienone is 2. The SMILES string of the molecule is CC1(C)/C(=C2\CCc3ccccc32)Cc2ccccc21. The summed E-state index contributed by atoms with van der Waals surface area (Å²) in [4.78, 5) is 0. The van der Waals surface area contributed by atoms with Crippen LogP contribution >= 0.6 is 0 Å². The van der Waals surface area contributed by atoms with E-state index in [4.69, 9.17) is 0 Å². The van der Waals surface area contributed by atoms with Crippen LogP contribution in [-0.4, -0.2) is 0 Å². The molecule has 0 radical (unpaired) electrons. The normalized spacial score (nSPS) is 22.7. The van der Waals surface area contributed by atoms with Crippen LogP contribution in [0.25, 0.3) is 5.57 Å². The highest BCUT2D eigenvalue weighted by Crippen LogP contribution is 2.48. The van der Waals surface area contributed by atoms with Crippen molar-refractivity contribution in [2.45, 2.75) is 38.5 Å². The zero-order valence-corrected chi connectivity index (χ0v) is 12.2. The van der Waals surface area contributed by atoms with Crippen LogP contribution in [0.4, 0.5) is 0 Å². The molecule has 0 saturated carbocycles. The summed E-state index contributed by atoms with van der Waals surface area (Å²) in [7, 11) is 0. The second kappa shape index (κ2) is 4.09. The molecule has 2 aromatic carbocycles. The van der Waals surface area contributed by atoms with Gasteiger partial charge in [-0.2, -0.15) is 0 Å². The molecule has 0 atom stereocenters. The lowest BCUT2D eigenvalue weighted by atomic mass is 9.79. The van der Waals surface area contributed by atoms with Gasteiger partial charge in [-0.1, -0.05) is 68.0 Å². The van der Waals surface area contributed by atoms with Gasteiger partial charge in [0.15, 0.2) is 0 Å². The van der Waals surface area contributed by atoms with Crippen LogP contribution in [0.2, 0.25) is 0 Å². The third kappa shape index (κ3) is 1.54. The summed E-state index contributed by atoms with van der Waals surface area (Å²) < 4.78 is 0. The molecule has 0 fully saturated rings. The lowest BCUT2D eigenvalue weighted by Crippen LogP contribution is -2.16. The molecule has 0 heteroatoms. The summed E-state index contributed by atoms with van der Waals surface area (Å²) in [6.07, 6.45) is 3.56. The van der Waals surface area contributed by atoms with Crippen molar-refractivity contribution in [2.24, 2.45) is 0 Å². The first-order chi connectivity index (χ1) is 9.68. The Balaban J connectivity index is 1.92. The number of fused-ring (bicyclic) bond motifs is 2. The standard InChI is InChI=1S/C20H20/c1-20(2)18-10-6-4-8-15(18)13-19(20)17-12-11-14-7-3-5-9-16(14)17/h3-10H,11-13H2,1-2H3/b19-17+. The van der Waals surface area contributed by atoms with E-state index in [1.54, 1.807) is 11.1 Å². The van der Waals surface area contributed by atoms with Crippen molar-refractivity contribution >= 4 is 5.57 Å². The molecule has 0 bridgehead atoms. The van der Waals surface area contributed by atoms with Gasteiger partial charge < -0.3 is 0 Å². The van der Waals surface area contributed by atoms with E-state index in [1.807, 2.05) is 0 Å². The van der Waals surface area contributed by atoms with Gasteiger partial charge in [-0.15, -0.1) is 0 Å². The fourth-order valence-corrected chi connectivity index (χ4v) is 4.08. The topological polar surface area (TPSA) is 0 Å². The molecule has 4 rings (SSSR count). The van der Waals surface area contributed by atoms with Gasteiger partial charge in [0.1, 0.15) is 0 Å². The van der Waals surface area contributed by atoms with Gasteiger partial charge in [-0.25, -0.2) is 0 Å².